The third-order valence-electron chi connectivity index (χ3n) is 3.42. The average Bonchev–Trinajstić information content (AvgIpc) is 2.75. The molecule has 2 unspecified atom stereocenters. The second kappa shape index (κ2) is 3.25. The molecule has 1 aromatic rings. The van der Waals surface area contributed by atoms with Gasteiger partial charge >= 0.3 is 0 Å². The highest BCUT2D eigenvalue weighted by atomic mass is 15.1. The van der Waals surface area contributed by atoms with Crippen LogP contribution in [0, 0.1) is 23.2 Å². The van der Waals surface area contributed by atoms with Crippen molar-refractivity contribution in [3.05, 3.63) is 29.8 Å². The van der Waals surface area contributed by atoms with Crippen molar-refractivity contribution in [3.63, 3.8) is 0 Å². The number of fused-ring (bicyclic) bond motifs is 1. The molecule has 1 saturated heterocycles. The maximum Gasteiger partial charge on any atom is 0.0992 e. The van der Waals surface area contributed by atoms with Gasteiger partial charge in [0.15, 0.2) is 0 Å². The van der Waals surface area contributed by atoms with E-state index in [0.29, 0.717) is 6.04 Å². The summed E-state index contributed by atoms with van der Waals surface area (Å²) in [6.45, 7) is 2.28. The van der Waals surface area contributed by atoms with Crippen molar-refractivity contribution in [1.82, 2.24) is 5.32 Å². The van der Waals surface area contributed by atoms with Crippen molar-refractivity contribution in [1.29, 1.82) is 5.26 Å². The first-order chi connectivity index (χ1) is 7.38. The van der Waals surface area contributed by atoms with E-state index in [-0.39, 0.29) is 0 Å². The highest BCUT2D eigenvalue weighted by molar-refractivity contribution is 5.51. The molecular weight excluding hydrogens is 186 g/mol. The van der Waals surface area contributed by atoms with Gasteiger partial charge in [-0.2, -0.15) is 5.26 Å². The lowest BCUT2D eigenvalue weighted by atomic mass is 10.2. The summed E-state index contributed by atoms with van der Waals surface area (Å²) >= 11 is 0. The van der Waals surface area contributed by atoms with E-state index >= 15 is 0 Å². The number of benzene rings is 1. The van der Waals surface area contributed by atoms with Gasteiger partial charge in [-0.25, -0.2) is 0 Å². The van der Waals surface area contributed by atoms with Crippen molar-refractivity contribution < 1.29 is 0 Å². The van der Waals surface area contributed by atoms with Crippen LogP contribution in [0.15, 0.2) is 24.3 Å². The molecule has 3 rings (SSSR count). The Hall–Kier alpha value is -1.53. The number of anilines is 1. The van der Waals surface area contributed by atoms with Crippen LogP contribution in [0.4, 0.5) is 5.69 Å². The van der Waals surface area contributed by atoms with Crippen molar-refractivity contribution in [2.75, 3.05) is 18.4 Å². The zero-order chi connectivity index (χ0) is 10.3. The normalized spacial score (nSPS) is 31.8. The largest absolute Gasteiger partial charge is 0.382 e. The molecule has 0 spiro atoms. The van der Waals surface area contributed by atoms with E-state index in [1.54, 1.807) is 0 Å². The molecule has 0 bridgehead atoms. The minimum atomic E-state index is 0.625. The molecule has 2 atom stereocenters. The highest BCUT2D eigenvalue weighted by Gasteiger charge is 2.52. The summed E-state index contributed by atoms with van der Waals surface area (Å²) in [5.41, 5.74) is 1.80. The van der Waals surface area contributed by atoms with Gasteiger partial charge in [0, 0.05) is 24.8 Å². The van der Waals surface area contributed by atoms with E-state index in [1.165, 1.54) is 0 Å². The molecule has 0 aromatic heterocycles. The van der Waals surface area contributed by atoms with Crippen LogP contribution < -0.4 is 10.6 Å². The molecule has 2 N–H and O–H groups in total. The molecule has 15 heavy (non-hydrogen) atoms. The molecule has 0 radical (unpaired) electrons. The van der Waals surface area contributed by atoms with Crippen LogP contribution in [0.2, 0.25) is 0 Å². The van der Waals surface area contributed by atoms with Crippen molar-refractivity contribution in [2.45, 2.75) is 6.04 Å². The first kappa shape index (κ1) is 8.75. The molecule has 1 aromatic carbocycles. The standard InChI is InChI=1S/C12H13N3/c13-5-8-2-1-3-9(4-8)15-12-10-6-14-7-11(10)12/h1-4,10-12,14-15H,6-7H2. The zero-order valence-corrected chi connectivity index (χ0v) is 8.40. The van der Waals surface area contributed by atoms with Gasteiger partial charge in [-0.1, -0.05) is 6.07 Å². The summed E-state index contributed by atoms with van der Waals surface area (Å²) in [6.07, 6.45) is 0. The molecule has 1 heterocycles. The lowest BCUT2D eigenvalue weighted by molar-refractivity contribution is 0.697. The first-order valence-corrected chi connectivity index (χ1v) is 5.36. The van der Waals surface area contributed by atoms with Gasteiger partial charge in [0.25, 0.3) is 0 Å². The van der Waals surface area contributed by atoms with E-state index in [2.05, 4.69) is 16.7 Å². The fourth-order valence-electron chi connectivity index (χ4n) is 2.50. The number of rotatable bonds is 2. The van der Waals surface area contributed by atoms with Gasteiger partial charge in [-0.3, -0.25) is 0 Å². The molecule has 1 saturated carbocycles. The van der Waals surface area contributed by atoms with Crippen molar-refractivity contribution >= 4 is 5.69 Å². The summed E-state index contributed by atoms with van der Waals surface area (Å²) in [4.78, 5) is 0. The Kier molecular flexibility index (Phi) is 1.90. The minimum absolute atomic E-state index is 0.625. The van der Waals surface area contributed by atoms with Gasteiger partial charge in [-0.15, -0.1) is 0 Å². The van der Waals surface area contributed by atoms with E-state index in [0.717, 1.165) is 36.2 Å². The monoisotopic (exact) mass is 199 g/mol. The molecule has 3 nitrogen and oxygen atoms in total. The Labute approximate surface area is 89.1 Å². The maximum absolute atomic E-state index is 8.79. The lowest BCUT2D eigenvalue weighted by Gasteiger charge is -2.08. The molecule has 76 valence electrons. The topological polar surface area (TPSA) is 47.9 Å². The highest BCUT2D eigenvalue weighted by Crippen LogP contribution is 2.43. The van der Waals surface area contributed by atoms with Crippen molar-refractivity contribution in [3.8, 4) is 6.07 Å². The van der Waals surface area contributed by atoms with Gasteiger partial charge in [-0.05, 0) is 30.0 Å². The van der Waals surface area contributed by atoms with Crippen molar-refractivity contribution in [2.24, 2.45) is 11.8 Å². The Morgan fingerprint density at radius 2 is 2.13 bits per heavy atom. The summed E-state index contributed by atoms with van der Waals surface area (Å²) in [6, 6.07) is 10.5. The van der Waals surface area contributed by atoms with Crippen LogP contribution in [0.1, 0.15) is 5.56 Å². The van der Waals surface area contributed by atoms with Gasteiger partial charge in [0.1, 0.15) is 0 Å². The quantitative estimate of drug-likeness (QED) is 0.752. The van der Waals surface area contributed by atoms with Gasteiger partial charge in [0.05, 0.1) is 11.6 Å². The Balaban J connectivity index is 1.70. The van der Waals surface area contributed by atoms with E-state index < -0.39 is 0 Å². The summed E-state index contributed by atoms with van der Waals surface area (Å²) in [5, 5.41) is 15.7. The third kappa shape index (κ3) is 1.47. The number of nitrogens with one attached hydrogen (secondary N) is 2. The van der Waals surface area contributed by atoms with Crippen LogP contribution >= 0.6 is 0 Å². The Bertz CT molecular complexity index is 411. The van der Waals surface area contributed by atoms with Gasteiger partial charge < -0.3 is 10.6 Å². The third-order valence-corrected chi connectivity index (χ3v) is 3.42. The van der Waals surface area contributed by atoms with Crippen LogP contribution in [0.5, 0.6) is 0 Å². The second-order valence-electron chi connectivity index (χ2n) is 4.35. The fraction of sp³-hybridized carbons (Fsp3) is 0.417. The summed E-state index contributed by atoms with van der Waals surface area (Å²) < 4.78 is 0. The molecule has 1 aliphatic carbocycles. The Morgan fingerprint density at radius 3 is 2.87 bits per heavy atom. The predicted molar refractivity (Wildman–Crippen MR) is 58.4 cm³/mol. The molecule has 0 amide bonds. The van der Waals surface area contributed by atoms with Crippen LogP contribution in [-0.2, 0) is 0 Å². The zero-order valence-electron chi connectivity index (χ0n) is 8.40. The molecule has 3 heteroatoms. The van der Waals surface area contributed by atoms with Crippen LogP contribution in [-0.4, -0.2) is 19.1 Å². The van der Waals surface area contributed by atoms with E-state index in [1.807, 2.05) is 24.3 Å². The van der Waals surface area contributed by atoms with Crippen LogP contribution in [0.3, 0.4) is 0 Å². The SMILES string of the molecule is N#Cc1cccc(NC2C3CNCC32)c1. The molecule has 1 aliphatic heterocycles. The average molecular weight is 199 g/mol. The predicted octanol–water partition coefficient (Wildman–Crippen LogP) is 1.19. The summed E-state index contributed by atoms with van der Waals surface area (Å²) in [7, 11) is 0. The van der Waals surface area contributed by atoms with E-state index in [4.69, 9.17) is 5.26 Å². The molecular formula is C12H13N3. The minimum Gasteiger partial charge on any atom is -0.382 e. The van der Waals surface area contributed by atoms with Crippen LogP contribution in [0.25, 0.3) is 0 Å². The smallest absolute Gasteiger partial charge is 0.0992 e. The van der Waals surface area contributed by atoms with Gasteiger partial charge in [0.2, 0.25) is 0 Å². The number of nitrogens with zero attached hydrogens (tertiary/aromatic N) is 1. The van der Waals surface area contributed by atoms with E-state index in [9.17, 15) is 0 Å². The number of nitriles is 1. The maximum atomic E-state index is 8.79. The fourth-order valence-corrected chi connectivity index (χ4v) is 2.50. The number of hydrogen-bond acceptors (Lipinski definition) is 3. The number of hydrogen-bond donors (Lipinski definition) is 2. The summed E-state index contributed by atoms with van der Waals surface area (Å²) in [5.74, 6) is 1.60. The molecule has 2 fully saturated rings. The lowest BCUT2D eigenvalue weighted by Crippen LogP contribution is -2.21. The second-order valence-corrected chi connectivity index (χ2v) is 4.35. The number of piperidine rings is 1. The molecule has 2 aliphatic rings. The Morgan fingerprint density at radius 1 is 1.33 bits per heavy atom. The first-order valence-electron chi connectivity index (χ1n) is 5.36.